The second-order valence-electron chi connectivity index (χ2n) is 16.9. The van der Waals surface area contributed by atoms with Gasteiger partial charge in [-0.15, -0.1) is 0 Å². The Bertz CT molecular complexity index is 781. The molecular formula is C49H97N2+. The van der Waals surface area contributed by atoms with Gasteiger partial charge in [0.05, 0.1) is 13.1 Å². The van der Waals surface area contributed by atoms with E-state index in [1.54, 1.807) is 5.82 Å². The molecule has 0 bridgehead atoms. The largest absolute Gasteiger partial charge is 0.256 e. The third-order valence-electron chi connectivity index (χ3n) is 11.8. The molecule has 0 amide bonds. The van der Waals surface area contributed by atoms with Gasteiger partial charge in [0.25, 0.3) is 5.82 Å². The fourth-order valence-corrected chi connectivity index (χ4v) is 8.27. The molecule has 1 rings (SSSR count). The topological polar surface area (TPSA) is 8.81 Å². The standard InChI is InChI=1S/C49H97N2/c1-4-7-10-13-16-19-22-25-26-28-31-34-37-40-43-46-51-48-47-50(45-42-39-36-33-30-24-21-18-15-12-9-6-3)49(51)44-41-38-35-32-29-27-23-20-17-14-11-8-5-2/h47-48H,4-46H2,1-3H3/q+1. The Kier molecular flexibility index (Phi) is 38.2. The molecule has 0 saturated carbocycles. The number of hydrogen-bond donors (Lipinski definition) is 0. The van der Waals surface area contributed by atoms with Gasteiger partial charge in [0, 0.05) is 6.42 Å². The summed E-state index contributed by atoms with van der Waals surface area (Å²) in [6.07, 6.45) is 63.8. The summed E-state index contributed by atoms with van der Waals surface area (Å²) < 4.78 is 5.31. The Morgan fingerprint density at radius 1 is 0.333 bits per heavy atom. The first kappa shape index (κ1) is 48.2. The van der Waals surface area contributed by atoms with Crippen molar-refractivity contribution in [1.29, 1.82) is 0 Å². The van der Waals surface area contributed by atoms with Crippen LogP contribution in [0.15, 0.2) is 12.4 Å². The molecule has 0 radical (unpaired) electrons. The first-order chi connectivity index (χ1) is 25.3. The summed E-state index contributed by atoms with van der Waals surface area (Å²) in [7, 11) is 0. The number of nitrogens with zero attached hydrogens (tertiary/aromatic N) is 2. The molecule has 2 nitrogen and oxygen atoms in total. The molecule has 0 aliphatic carbocycles. The number of aromatic nitrogens is 2. The highest BCUT2D eigenvalue weighted by Gasteiger charge is 2.16. The summed E-state index contributed by atoms with van der Waals surface area (Å²) in [4.78, 5) is 0. The van der Waals surface area contributed by atoms with E-state index in [9.17, 15) is 0 Å². The average Bonchev–Trinajstić information content (AvgIpc) is 3.53. The van der Waals surface area contributed by atoms with Crippen molar-refractivity contribution in [2.45, 2.75) is 297 Å². The molecule has 0 atom stereocenters. The minimum Gasteiger partial charge on any atom is -0.234 e. The first-order valence-electron chi connectivity index (χ1n) is 24.4. The van der Waals surface area contributed by atoms with Crippen molar-refractivity contribution in [3.63, 3.8) is 0 Å². The smallest absolute Gasteiger partial charge is 0.234 e. The highest BCUT2D eigenvalue weighted by Crippen LogP contribution is 2.17. The van der Waals surface area contributed by atoms with Crippen LogP contribution in [0.5, 0.6) is 0 Å². The van der Waals surface area contributed by atoms with Crippen LogP contribution in [0.25, 0.3) is 0 Å². The van der Waals surface area contributed by atoms with Gasteiger partial charge in [-0.3, -0.25) is 0 Å². The van der Waals surface area contributed by atoms with E-state index in [1.165, 1.54) is 276 Å². The number of imidazole rings is 1. The highest BCUT2D eigenvalue weighted by molar-refractivity contribution is 4.84. The van der Waals surface area contributed by atoms with Crippen LogP contribution < -0.4 is 4.57 Å². The van der Waals surface area contributed by atoms with Crippen molar-refractivity contribution in [2.24, 2.45) is 0 Å². The molecule has 0 spiro atoms. The fourth-order valence-electron chi connectivity index (χ4n) is 8.27. The number of hydrogen-bond acceptors (Lipinski definition) is 0. The highest BCUT2D eigenvalue weighted by atomic mass is 15.1. The second kappa shape index (κ2) is 40.4. The molecule has 0 aromatic carbocycles. The van der Waals surface area contributed by atoms with E-state index in [0.717, 1.165) is 0 Å². The third kappa shape index (κ3) is 32.4. The summed E-state index contributed by atoms with van der Waals surface area (Å²) in [5.41, 5.74) is 0. The van der Waals surface area contributed by atoms with Crippen LogP contribution in [-0.4, -0.2) is 4.57 Å². The molecule has 1 heterocycles. The quantitative estimate of drug-likeness (QED) is 0.0471. The molecule has 0 unspecified atom stereocenters. The lowest BCUT2D eigenvalue weighted by atomic mass is 10.0. The van der Waals surface area contributed by atoms with E-state index in [-0.39, 0.29) is 0 Å². The minimum absolute atomic E-state index is 1.23. The molecule has 2 heteroatoms. The molecule has 0 aliphatic heterocycles. The predicted octanol–water partition coefficient (Wildman–Crippen LogP) is 17.0. The Morgan fingerprint density at radius 2 is 0.608 bits per heavy atom. The van der Waals surface area contributed by atoms with Crippen LogP contribution in [0, 0.1) is 0 Å². The Hall–Kier alpha value is -0.790. The molecular weight excluding hydrogens is 617 g/mol. The van der Waals surface area contributed by atoms with Gasteiger partial charge in [-0.1, -0.05) is 245 Å². The maximum Gasteiger partial charge on any atom is 0.256 e. The van der Waals surface area contributed by atoms with Crippen LogP contribution in [-0.2, 0) is 19.5 Å². The van der Waals surface area contributed by atoms with E-state index >= 15 is 0 Å². The normalized spacial score (nSPS) is 11.7. The van der Waals surface area contributed by atoms with E-state index in [4.69, 9.17) is 0 Å². The fraction of sp³-hybridized carbons (Fsp3) is 0.939. The lowest BCUT2D eigenvalue weighted by Gasteiger charge is -2.07. The van der Waals surface area contributed by atoms with Gasteiger partial charge in [0.1, 0.15) is 12.4 Å². The second-order valence-corrected chi connectivity index (χ2v) is 16.9. The molecule has 0 saturated heterocycles. The zero-order valence-corrected chi connectivity index (χ0v) is 36.0. The van der Waals surface area contributed by atoms with E-state index < -0.39 is 0 Å². The van der Waals surface area contributed by atoms with Crippen molar-refractivity contribution >= 4 is 0 Å². The number of unbranched alkanes of at least 4 members (excludes halogenated alkanes) is 37. The molecule has 0 fully saturated rings. The summed E-state index contributed by atoms with van der Waals surface area (Å²) in [6.45, 7) is 9.42. The molecule has 51 heavy (non-hydrogen) atoms. The maximum absolute atomic E-state index is 2.66. The number of rotatable bonds is 43. The van der Waals surface area contributed by atoms with E-state index in [1.807, 2.05) is 0 Å². The van der Waals surface area contributed by atoms with Crippen LogP contribution >= 0.6 is 0 Å². The van der Waals surface area contributed by atoms with Crippen LogP contribution in [0.1, 0.15) is 283 Å². The third-order valence-corrected chi connectivity index (χ3v) is 11.8. The molecule has 302 valence electrons. The van der Waals surface area contributed by atoms with Crippen molar-refractivity contribution in [3.05, 3.63) is 18.2 Å². The van der Waals surface area contributed by atoms with Crippen molar-refractivity contribution < 1.29 is 4.57 Å². The lowest BCUT2D eigenvalue weighted by Crippen LogP contribution is -2.37. The van der Waals surface area contributed by atoms with Gasteiger partial charge in [-0.25, -0.2) is 9.13 Å². The summed E-state index contributed by atoms with van der Waals surface area (Å²) >= 11 is 0. The summed E-state index contributed by atoms with van der Waals surface area (Å²) in [5.74, 6) is 1.63. The molecule has 1 aromatic rings. The number of aryl methyl sites for hydroxylation is 2. The van der Waals surface area contributed by atoms with Gasteiger partial charge < -0.3 is 0 Å². The summed E-state index contributed by atoms with van der Waals surface area (Å²) in [6, 6.07) is 0. The average molecular weight is 714 g/mol. The monoisotopic (exact) mass is 714 g/mol. The molecule has 0 aliphatic rings. The summed E-state index contributed by atoms with van der Waals surface area (Å²) in [5, 5.41) is 0. The van der Waals surface area contributed by atoms with Crippen LogP contribution in [0.3, 0.4) is 0 Å². The molecule has 0 N–H and O–H groups in total. The van der Waals surface area contributed by atoms with Gasteiger partial charge in [-0.05, 0) is 32.1 Å². The van der Waals surface area contributed by atoms with Crippen molar-refractivity contribution in [3.8, 4) is 0 Å². The predicted molar refractivity (Wildman–Crippen MR) is 230 cm³/mol. The van der Waals surface area contributed by atoms with Crippen molar-refractivity contribution in [2.75, 3.05) is 0 Å². The van der Waals surface area contributed by atoms with Gasteiger partial charge >= 0.3 is 0 Å². The first-order valence-corrected chi connectivity index (χ1v) is 24.4. The SMILES string of the molecule is CCCCCCCCCCCCCCCCCn1cc[n+](CCCCCCCCCCCCCC)c1CCCCCCCCCCCCCCC. The van der Waals surface area contributed by atoms with Gasteiger partial charge in [0.2, 0.25) is 0 Å². The van der Waals surface area contributed by atoms with Crippen molar-refractivity contribution in [1.82, 2.24) is 4.57 Å². The minimum atomic E-state index is 1.23. The maximum atomic E-state index is 2.66. The Balaban J connectivity index is 2.26. The zero-order chi connectivity index (χ0) is 36.6. The Labute approximate surface area is 323 Å². The van der Waals surface area contributed by atoms with Gasteiger partial charge in [-0.2, -0.15) is 0 Å². The van der Waals surface area contributed by atoms with Crippen LogP contribution in [0.4, 0.5) is 0 Å². The van der Waals surface area contributed by atoms with Gasteiger partial charge in [0.15, 0.2) is 0 Å². The zero-order valence-electron chi connectivity index (χ0n) is 36.0. The van der Waals surface area contributed by atoms with Crippen LogP contribution in [0.2, 0.25) is 0 Å². The Morgan fingerprint density at radius 3 is 0.941 bits per heavy atom. The van der Waals surface area contributed by atoms with E-state index in [0.29, 0.717) is 0 Å². The van der Waals surface area contributed by atoms with E-state index in [2.05, 4.69) is 42.3 Å². The lowest BCUT2D eigenvalue weighted by molar-refractivity contribution is -0.704. The molecule has 1 aromatic heterocycles.